The predicted octanol–water partition coefficient (Wildman–Crippen LogP) is 3.13. The van der Waals surface area contributed by atoms with E-state index in [0.29, 0.717) is 25.2 Å². The molecule has 0 spiro atoms. The molecule has 1 aromatic carbocycles. The summed E-state index contributed by atoms with van der Waals surface area (Å²) in [6.45, 7) is 1.11. The quantitative estimate of drug-likeness (QED) is 0.481. The van der Waals surface area contributed by atoms with Gasteiger partial charge in [-0.05, 0) is 18.2 Å². The lowest BCUT2D eigenvalue weighted by atomic mass is 10.1. The Morgan fingerprint density at radius 3 is 2.00 bits per heavy atom. The molecule has 144 valence electrons. The third-order valence-corrected chi connectivity index (χ3v) is 4.00. The standard InChI is InChI=1S/C17H16F6N4/c1-24-2-3-25(11-24)4-5-26-6-7-27(12-26)15-9-13(16(18,19)20)8-14(10-15)17(21,22)23/h2-3,6-12H,4-5H2,1H3/q+2. The summed E-state index contributed by atoms with van der Waals surface area (Å²) >= 11 is 0. The maximum atomic E-state index is 13.0. The number of hydrogen-bond acceptors (Lipinski definition) is 0. The average molecular weight is 390 g/mol. The van der Waals surface area contributed by atoms with Crippen LogP contribution >= 0.6 is 0 Å². The number of hydrogen-bond donors (Lipinski definition) is 0. The molecular weight excluding hydrogens is 374 g/mol. The number of aryl methyl sites for hydroxylation is 3. The number of benzene rings is 1. The van der Waals surface area contributed by atoms with Gasteiger partial charge in [0.15, 0.2) is 0 Å². The lowest BCUT2D eigenvalue weighted by molar-refractivity contribution is -0.698. The molecule has 0 amide bonds. The van der Waals surface area contributed by atoms with E-state index < -0.39 is 23.5 Å². The van der Waals surface area contributed by atoms with Crippen molar-refractivity contribution in [1.82, 2.24) is 9.13 Å². The zero-order valence-corrected chi connectivity index (χ0v) is 14.2. The van der Waals surface area contributed by atoms with Crippen LogP contribution in [-0.2, 0) is 32.5 Å². The van der Waals surface area contributed by atoms with Gasteiger partial charge in [-0.25, -0.2) is 18.3 Å². The fraction of sp³-hybridized carbons (Fsp3) is 0.294. The van der Waals surface area contributed by atoms with E-state index >= 15 is 0 Å². The Labute approximate surface area is 150 Å². The molecule has 4 nitrogen and oxygen atoms in total. The highest BCUT2D eigenvalue weighted by molar-refractivity contribution is 5.42. The van der Waals surface area contributed by atoms with E-state index in [2.05, 4.69) is 0 Å². The van der Waals surface area contributed by atoms with E-state index in [9.17, 15) is 26.3 Å². The lowest BCUT2D eigenvalue weighted by Gasteiger charge is -2.12. The summed E-state index contributed by atoms with van der Waals surface area (Å²) in [6, 6.07) is 1.52. The van der Waals surface area contributed by atoms with E-state index in [4.69, 9.17) is 0 Å². The minimum atomic E-state index is -4.87. The van der Waals surface area contributed by atoms with Crippen molar-refractivity contribution in [3.8, 4) is 5.69 Å². The molecule has 0 fully saturated rings. The Hall–Kier alpha value is -2.78. The van der Waals surface area contributed by atoms with Crippen molar-refractivity contribution < 1.29 is 35.5 Å². The smallest absolute Gasteiger partial charge is 0.240 e. The van der Waals surface area contributed by atoms with Gasteiger partial charge < -0.3 is 0 Å². The van der Waals surface area contributed by atoms with Crippen LogP contribution in [0.3, 0.4) is 0 Å². The summed E-state index contributed by atoms with van der Waals surface area (Å²) in [7, 11) is 1.87. The Bertz CT molecular complexity index is 903. The summed E-state index contributed by atoms with van der Waals surface area (Å²) in [6.07, 6.45) is 0.310. The number of aromatic nitrogens is 4. The molecule has 0 saturated heterocycles. The SMILES string of the molecule is C[n+]1ccn(CC[n+]2ccn(-c3cc(C(F)(F)F)cc(C(F)(F)F)c3)c2)c1. The van der Waals surface area contributed by atoms with Crippen LogP contribution in [0.4, 0.5) is 26.3 Å². The van der Waals surface area contributed by atoms with Crippen LogP contribution in [0.25, 0.3) is 5.69 Å². The summed E-state index contributed by atoms with van der Waals surface area (Å²) < 4.78 is 84.6. The second kappa shape index (κ2) is 6.75. The molecule has 2 aromatic heterocycles. The maximum absolute atomic E-state index is 13.0. The van der Waals surface area contributed by atoms with E-state index in [1.165, 1.54) is 17.1 Å². The number of alkyl halides is 6. The lowest BCUT2D eigenvalue weighted by Crippen LogP contribution is -2.33. The van der Waals surface area contributed by atoms with Crippen LogP contribution in [0.15, 0.2) is 55.6 Å². The Kier molecular flexibility index (Phi) is 4.75. The summed E-state index contributed by atoms with van der Waals surface area (Å²) in [5.74, 6) is 0. The van der Waals surface area contributed by atoms with Crippen molar-refractivity contribution in [2.24, 2.45) is 7.05 Å². The Balaban J connectivity index is 1.88. The largest absolute Gasteiger partial charge is 0.416 e. The van der Waals surface area contributed by atoms with E-state index in [1.807, 2.05) is 34.9 Å². The molecule has 0 aliphatic carbocycles. The topological polar surface area (TPSA) is 17.6 Å². The summed E-state index contributed by atoms with van der Waals surface area (Å²) in [5, 5.41) is 0. The Morgan fingerprint density at radius 1 is 0.852 bits per heavy atom. The molecule has 2 heterocycles. The first kappa shape index (κ1) is 19.0. The average Bonchev–Trinajstić information content (AvgIpc) is 3.20. The van der Waals surface area contributed by atoms with Crippen LogP contribution in [0, 0.1) is 0 Å². The van der Waals surface area contributed by atoms with Crippen LogP contribution in [0.1, 0.15) is 11.1 Å². The molecule has 0 saturated carbocycles. The number of halogens is 6. The summed E-state index contributed by atoms with van der Waals surface area (Å²) in [4.78, 5) is 0. The van der Waals surface area contributed by atoms with Gasteiger partial charge >= 0.3 is 12.4 Å². The monoisotopic (exact) mass is 390 g/mol. The molecule has 10 heteroatoms. The van der Waals surface area contributed by atoms with Crippen LogP contribution in [0.5, 0.6) is 0 Å². The van der Waals surface area contributed by atoms with E-state index in [-0.39, 0.29) is 11.8 Å². The first-order chi connectivity index (χ1) is 12.5. The van der Waals surface area contributed by atoms with Crippen molar-refractivity contribution in [3.05, 3.63) is 66.8 Å². The van der Waals surface area contributed by atoms with Crippen molar-refractivity contribution >= 4 is 0 Å². The van der Waals surface area contributed by atoms with Crippen molar-refractivity contribution in [2.75, 3.05) is 0 Å². The van der Waals surface area contributed by atoms with Gasteiger partial charge in [-0.1, -0.05) is 0 Å². The molecule has 3 aromatic rings. The highest BCUT2D eigenvalue weighted by Crippen LogP contribution is 2.36. The molecule has 0 atom stereocenters. The first-order valence-electron chi connectivity index (χ1n) is 7.90. The van der Waals surface area contributed by atoms with E-state index in [1.54, 1.807) is 10.8 Å². The molecular formula is C17H16F6N4+2. The van der Waals surface area contributed by atoms with Gasteiger partial charge in [-0.3, -0.25) is 0 Å². The molecule has 0 bridgehead atoms. The molecule has 0 radical (unpaired) electrons. The van der Waals surface area contributed by atoms with Crippen molar-refractivity contribution in [2.45, 2.75) is 25.4 Å². The second-order valence-corrected chi connectivity index (χ2v) is 6.14. The van der Waals surface area contributed by atoms with Crippen molar-refractivity contribution in [3.63, 3.8) is 0 Å². The van der Waals surface area contributed by atoms with Gasteiger partial charge in [-0.15, -0.1) is 0 Å². The normalized spacial score (nSPS) is 12.6. The van der Waals surface area contributed by atoms with E-state index in [0.717, 1.165) is 0 Å². The third kappa shape index (κ3) is 4.50. The van der Waals surface area contributed by atoms with Crippen LogP contribution in [-0.4, -0.2) is 9.13 Å². The number of rotatable bonds is 4. The number of nitrogens with zero attached hydrogens (tertiary/aromatic N) is 4. The van der Waals surface area contributed by atoms with Crippen LogP contribution < -0.4 is 9.13 Å². The highest BCUT2D eigenvalue weighted by Gasteiger charge is 2.37. The molecule has 0 unspecified atom stereocenters. The minimum Gasteiger partial charge on any atom is -0.240 e. The van der Waals surface area contributed by atoms with Gasteiger partial charge in [0.2, 0.25) is 12.7 Å². The van der Waals surface area contributed by atoms with Gasteiger partial charge in [0, 0.05) is 0 Å². The summed E-state index contributed by atoms with van der Waals surface area (Å²) in [5.41, 5.74) is -2.89. The molecule has 0 N–H and O–H groups in total. The van der Waals surface area contributed by atoms with Gasteiger partial charge in [0.05, 0.1) is 18.2 Å². The first-order valence-corrected chi connectivity index (χ1v) is 7.90. The van der Waals surface area contributed by atoms with Gasteiger partial charge in [-0.2, -0.15) is 26.3 Å². The predicted molar refractivity (Wildman–Crippen MR) is 81.6 cm³/mol. The second-order valence-electron chi connectivity index (χ2n) is 6.14. The zero-order valence-electron chi connectivity index (χ0n) is 14.2. The molecule has 3 rings (SSSR count). The fourth-order valence-corrected chi connectivity index (χ4v) is 2.63. The fourth-order valence-electron chi connectivity index (χ4n) is 2.63. The Morgan fingerprint density at radius 2 is 1.48 bits per heavy atom. The third-order valence-electron chi connectivity index (χ3n) is 4.00. The maximum Gasteiger partial charge on any atom is 0.416 e. The molecule has 27 heavy (non-hydrogen) atoms. The zero-order chi connectivity index (χ0) is 19.8. The molecule has 0 aliphatic heterocycles. The van der Waals surface area contributed by atoms with Crippen molar-refractivity contribution in [1.29, 1.82) is 0 Å². The molecule has 0 aliphatic rings. The van der Waals surface area contributed by atoms with Gasteiger partial charge in [0.25, 0.3) is 0 Å². The van der Waals surface area contributed by atoms with Crippen LogP contribution in [0.2, 0.25) is 0 Å². The highest BCUT2D eigenvalue weighted by atomic mass is 19.4. The minimum absolute atomic E-state index is 0.118. The van der Waals surface area contributed by atoms with Gasteiger partial charge in [0.1, 0.15) is 43.6 Å². The number of imidazole rings is 2.